The third kappa shape index (κ3) is 3.18. The number of hydrogen-bond donors (Lipinski definition) is 1. The summed E-state index contributed by atoms with van der Waals surface area (Å²) in [5, 5.41) is 11.9. The topological polar surface area (TPSA) is 72.2 Å². The molecule has 5 aromatic rings. The van der Waals surface area contributed by atoms with Gasteiger partial charge >= 0.3 is 0 Å². The number of carbonyl (C=O) groups excluding carboxylic acids is 1. The highest BCUT2D eigenvalue weighted by molar-refractivity contribution is 6.10. The Morgan fingerprint density at radius 1 is 0.900 bits per heavy atom. The Morgan fingerprint density at radius 3 is 2.40 bits per heavy atom. The summed E-state index contributed by atoms with van der Waals surface area (Å²) in [7, 11) is 0. The summed E-state index contributed by atoms with van der Waals surface area (Å²) >= 11 is 0. The highest BCUT2D eigenvalue weighted by atomic mass is 16.1. The Bertz CT molecular complexity index is 1360. The van der Waals surface area contributed by atoms with Crippen LogP contribution >= 0.6 is 0 Å². The highest BCUT2D eigenvalue weighted by Crippen LogP contribution is 2.24. The van der Waals surface area contributed by atoms with Gasteiger partial charge in [-0.25, -0.2) is 4.98 Å². The zero-order valence-electron chi connectivity index (χ0n) is 16.4. The maximum atomic E-state index is 12.9. The number of hydrogen-bond acceptors (Lipinski definition) is 5. The molecule has 30 heavy (non-hydrogen) atoms. The van der Waals surface area contributed by atoms with Crippen molar-refractivity contribution in [1.29, 1.82) is 0 Å². The van der Waals surface area contributed by atoms with E-state index in [1.165, 1.54) is 0 Å². The van der Waals surface area contributed by atoms with Crippen LogP contribution in [-0.4, -0.2) is 25.4 Å². The quantitative estimate of drug-likeness (QED) is 0.447. The largest absolute Gasteiger partial charge is 0.363 e. The van der Waals surface area contributed by atoms with E-state index in [4.69, 9.17) is 4.98 Å². The Kier molecular flexibility index (Phi) is 4.44. The molecule has 0 aliphatic carbocycles. The molecule has 6 heteroatoms. The molecule has 146 valence electrons. The summed E-state index contributed by atoms with van der Waals surface area (Å²) in [6.45, 7) is 2.53. The van der Waals surface area contributed by atoms with Crippen LogP contribution in [-0.2, 0) is 6.54 Å². The van der Waals surface area contributed by atoms with Crippen LogP contribution in [0.1, 0.15) is 27.3 Å². The van der Waals surface area contributed by atoms with Gasteiger partial charge in [-0.1, -0.05) is 60.7 Å². The lowest BCUT2D eigenvalue weighted by molar-refractivity contribution is 0.103. The standard InChI is InChI=1S/C24H19N5O/c1-16-27-28-24-23(25-15-17-8-4-2-5-9-17)26-20-13-12-19(14-21(20)29(16)24)22(30)18-10-6-3-7-11-18/h2-14H,15H2,1H3,(H,25,26). The molecule has 0 unspecified atom stereocenters. The summed E-state index contributed by atoms with van der Waals surface area (Å²) in [6, 6.07) is 24.9. The molecule has 1 N–H and O–H groups in total. The molecule has 0 saturated carbocycles. The van der Waals surface area contributed by atoms with Gasteiger partial charge in [0.2, 0.25) is 5.65 Å². The number of nitrogens with one attached hydrogen (secondary N) is 1. The van der Waals surface area contributed by atoms with Crippen LogP contribution in [0.3, 0.4) is 0 Å². The van der Waals surface area contributed by atoms with Gasteiger partial charge in [0.05, 0.1) is 11.0 Å². The maximum Gasteiger partial charge on any atom is 0.204 e. The second kappa shape index (κ2) is 7.40. The normalized spacial score (nSPS) is 11.1. The van der Waals surface area contributed by atoms with Crippen molar-refractivity contribution >= 4 is 28.3 Å². The minimum absolute atomic E-state index is 0.0253. The first-order valence-electron chi connectivity index (χ1n) is 9.74. The minimum Gasteiger partial charge on any atom is -0.363 e. The Balaban J connectivity index is 1.59. The van der Waals surface area contributed by atoms with Gasteiger partial charge in [-0.2, -0.15) is 0 Å². The first-order chi connectivity index (χ1) is 14.7. The van der Waals surface area contributed by atoms with E-state index in [1.54, 1.807) is 0 Å². The van der Waals surface area contributed by atoms with E-state index >= 15 is 0 Å². The van der Waals surface area contributed by atoms with Gasteiger partial charge in [0.25, 0.3) is 0 Å². The molecule has 0 bridgehead atoms. The van der Waals surface area contributed by atoms with E-state index in [1.807, 2.05) is 78.1 Å². The molecule has 0 aliphatic rings. The molecule has 2 heterocycles. The number of aryl methyl sites for hydroxylation is 1. The lowest BCUT2D eigenvalue weighted by Crippen LogP contribution is -2.07. The number of benzene rings is 3. The maximum absolute atomic E-state index is 12.9. The molecular formula is C24H19N5O. The molecule has 0 spiro atoms. The average Bonchev–Trinajstić information content (AvgIpc) is 3.20. The van der Waals surface area contributed by atoms with Crippen LogP contribution < -0.4 is 5.32 Å². The Labute approximate surface area is 173 Å². The van der Waals surface area contributed by atoms with Crippen molar-refractivity contribution in [3.8, 4) is 0 Å². The molecule has 0 aliphatic heterocycles. The number of rotatable bonds is 5. The van der Waals surface area contributed by atoms with Gasteiger partial charge in [-0.05, 0) is 30.7 Å². The summed E-state index contributed by atoms with van der Waals surface area (Å²) in [5.74, 6) is 1.38. The van der Waals surface area contributed by atoms with Crippen molar-refractivity contribution in [2.45, 2.75) is 13.5 Å². The first-order valence-corrected chi connectivity index (χ1v) is 9.74. The van der Waals surface area contributed by atoms with E-state index < -0.39 is 0 Å². The highest BCUT2D eigenvalue weighted by Gasteiger charge is 2.16. The van der Waals surface area contributed by atoms with Gasteiger partial charge in [0, 0.05) is 17.7 Å². The van der Waals surface area contributed by atoms with Crippen molar-refractivity contribution < 1.29 is 4.79 Å². The number of ketones is 1. The van der Waals surface area contributed by atoms with Gasteiger partial charge in [-0.3, -0.25) is 9.20 Å². The van der Waals surface area contributed by atoms with Crippen molar-refractivity contribution in [3.05, 3.63) is 101 Å². The van der Waals surface area contributed by atoms with Gasteiger partial charge in [-0.15, -0.1) is 10.2 Å². The van der Waals surface area contributed by atoms with E-state index in [9.17, 15) is 4.79 Å². The van der Waals surface area contributed by atoms with E-state index in [0.717, 1.165) is 22.4 Å². The van der Waals surface area contributed by atoms with Crippen LogP contribution in [0.15, 0.2) is 78.9 Å². The molecular weight excluding hydrogens is 374 g/mol. The summed E-state index contributed by atoms with van der Waals surface area (Å²) < 4.78 is 1.94. The van der Waals surface area contributed by atoms with Crippen molar-refractivity contribution in [2.24, 2.45) is 0 Å². The molecule has 6 nitrogen and oxygen atoms in total. The van der Waals surface area contributed by atoms with Crippen LogP contribution in [0.5, 0.6) is 0 Å². The van der Waals surface area contributed by atoms with Crippen LogP contribution in [0, 0.1) is 6.92 Å². The smallest absolute Gasteiger partial charge is 0.204 e. The number of nitrogens with zero attached hydrogens (tertiary/aromatic N) is 4. The summed E-state index contributed by atoms with van der Waals surface area (Å²) in [6.07, 6.45) is 0. The minimum atomic E-state index is -0.0253. The predicted molar refractivity (Wildman–Crippen MR) is 117 cm³/mol. The molecule has 0 saturated heterocycles. The van der Waals surface area contributed by atoms with E-state index in [2.05, 4.69) is 27.6 Å². The number of aromatic nitrogens is 4. The molecule has 3 aromatic carbocycles. The summed E-state index contributed by atoms with van der Waals surface area (Å²) in [4.78, 5) is 17.7. The Morgan fingerprint density at radius 2 is 1.63 bits per heavy atom. The molecule has 2 aromatic heterocycles. The average molecular weight is 393 g/mol. The number of fused-ring (bicyclic) bond motifs is 3. The second-order valence-electron chi connectivity index (χ2n) is 7.10. The van der Waals surface area contributed by atoms with E-state index in [-0.39, 0.29) is 5.78 Å². The van der Waals surface area contributed by atoms with Crippen LogP contribution in [0.4, 0.5) is 5.82 Å². The van der Waals surface area contributed by atoms with Crippen molar-refractivity contribution in [1.82, 2.24) is 19.6 Å². The lowest BCUT2D eigenvalue weighted by Gasteiger charge is -2.11. The molecule has 0 fully saturated rings. The zero-order valence-corrected chi connectivity index (χ0v) is 16.4. The fourth-order valence-corrected chi connectivity index (χ4v) is 3.57. The predicted octanol–water partition coefficient (Wildman–Crippen LogP) is 4.43. The SMILES string of the molecule is Cc1nnc2c(NCc3ccccc3)nc3ccc(C(=O)c4ccccc4)cc3n12. The van der Waals surface area contributed by atoms with Crippen LogP contribution in [0.2, 0.25) is 0 Å². The molecule has 0 radical (unpaired) electrons. The second-order valence-corrected chi connectivity index (χ2v) is 7.10. The fourth-order valence-electron chi connectivity index (χ4n) is 3.57. The first kappa shape index (κ1) is 18.0. The Hall–Kier alpha value is -4.06. The van der Waals surface area contributed by atoms with Crippen molar-refractivity contribution in [3.63, 3.8) is 0 Å². The van der Waals surface area contributed by atoms with Gasteiger partial charge in [0.1, 0.15) is 5.82 Å². The zero-order chi connectivity index (χ0) is 20.5. The fraction of sp³-hybridized carbons (Fsp3) is 0.0833. The van der Waals surface area contributed by atoms with Gasteiger partial charge in [0.15, 0.2) is 11.6 Å². The number of anilines is 1. The van der Waals surface area contributed by atoms with Crippen LogP contribution in [0.25, 0.3) is 16.7 Å². The third-order valence-corrected chi connectivity index (χ3v) is 5.09. The summed E-state index contributed by atoms with van der Waals surface area (Å²) in [5.41, 5.74) is 4.63. The van der Waals surface area contributed by atoms with E-state index in [0.29, 0.717) is 29.1 Å². The van der Waals surface area contributed by atoms with Gasteiger partial charge < -0.3 is 5.32 Å². The lowest BCUT2D eigenvalue weighted by atomic mass is 10.0. The molecule has 0 atom stereocenters. The molecule has 5 rings (SSSR count). The van der Waals surface area contributed by atoms with Crippen molar-refractivity contribution in [2.75, 3.05) is 5.32 Å². The third-order valence-electron chi connectivity index (χ3n) is 5.09. The monoisotopic (exact) mass is 393 g/mol. The number of carbonyl (C=O) groups is 1. The molecule has 0 amide bonds.